The summed E-state index contributed by atoms with van der Waals surface area (Å²) in [6.45, 7) is 6.89. The highest BCUT2D eigenvalue weighted by Gasteiger charge is 2.54. The number of carbonyl (C=O) groups excluding carboxylic acids is 1. The fourth-order valence-electron chi connectivity index (χ4n) is 6.39. The van der Waals surface area contributed by atoms with E-state index in [9.17, 15) is 4.79 Å². The summed E-state index contributed by atoms with van der Waals surface area (Å²) in [4.78, 5) is 12.4. The van der Waals surface area contributed by atoms with Crippen molar-refractivity contribution in [3.8, 4) is 0 Å². The summed E-state index contributed by atoms with van der Waals surface area (Å²) in [5.74, 6) is 3.39. The van der Waals surface area contributed by atoms with Crippen molar-refractivity contribution >= 4 is 5.78 Å². The highest BCUT2D eigenvalue weighted by atomic mass is 16.1. The van der Waals surface area contributed by atoms with E-state index in [1.54, 1.807) is 16.7 Å². The highest BCUT2D eigenvalue weighted by Crippen LogP contribution is 2.59. The summed E-state index contributed by atoms with van der Waals surface area (Å²) in [6.07, 6.45) is 9.34. The fourth-order valence-corrected chi connectivity index (χ4v) is 6.39. The van der Waals surface area contributed by atoms with Gasteiger partial charge in [0.25, 0.3) is 0 Å². The molecule has 0 bridgehead atoms. The average Bonchev–Trinajstić information content (AvgIpc) is 2.91. The molecule has 0 spiro atoms. The van der Waals surface area contributed by atoms with E-state index in [1.165, 1.54) is 32.1 Å². The monoisotopic (exact) mass is 324 g/mol. The van der Waals surface area contributed by atoms with Crippen molar-refractivity contribution in [2.75, 3.05) is 0 Å². The van der Waals surface area contributed by atoms with Gasteiger partial charge in [-0.2, -0.15) is 0 Å². The van der Waals surface area contributed by atoms with Crippen molar-refractivity contribution < 1.29 is 4.79 Å². The Balaban J connectivity index is 1.65. The molecule has 1 nitrogen and oxygen atoms in total. The van der Waals surface area contributed by atoms with Crippen LogP contribution in [-0.2, 0) is 11.2 Å². The second-order valence-corrected chi connectivity index (χ2v) is 8.81. The van der Waals surface area contributed by atoms with Crippen molar-refractivity contribution in [3.05, 3.63) is 34.9 Å². The van der Waals surface area contributed by atoms with E-state index >= 15 is 0 Å². The van der Waals surface area contributed by atoms with Gasteiger partial charge in [-0.05, 0) is 85.3 Å². The van der Waals surface area contributed by atoms with Crippen LogP contribution in [0.3, 0.4) is 0 Å². The number of ketones is 1. The maximum absolute atomic E-state index is 12.4. The third kappa shape index (κ3) is 2.30. The lowest BCUT2D eigenvalue weighted by Gasteiger charge is -2.48. The second kappa shape index (κ2) is 6.00. The fraction of sp³-hybridized carbons (Fsp3) is 0.696. The zero-order chi connectivity index (χ0) is 16.9. The smallest absolute Gasteiger partial charge is 0.139 e. The van der Waals surface area contributed by atoms with Gasteiger partial charge in [-0.3, -0.25) is 4.79 Å². The molecule has 0 radical (unpaired) electrons. The molecule has 1 aromatic rings. The molecule has 0 saturated heterocycles. The summed E-state index contributed by atoms with van der Waals surface area (Å²) < 4.78 is 0. The molecule has 1 aromatic carbocycles. The normalized spacial score (nSPS) is 34.8. The molecule has 0 aromatic heterocycles. The van der Waals surface area contributed by atoms with Gasteiger partial charge in [0.15, 0.2) is 0 Å². The van der Waals surface area contributed by atoms with Gasteiger partial charge in [0.1, 0.15) is 5.78 Å². The van der Waals surface area contributed by atoms with E-state index in [2.05, 4.69) is 39.0 Å². The Bertz CT molecular complexity index is 641. The molecule has 24 heavy (non-hydrogen) atoms. The Morgan fingerprint density at radius 3 is 2.67 bits per heavy atom. The molecule has 4 rings (SSSR count). The second-order valence-electron chi connectivity index (χ2n) is 8.81. The van der Waals surface area contributed by atoms with E-state index in [0.29, 0.717) is 17.6 Å². The molecule has 130 valence electrons. The van der Waals surface area contributed by atoms with Crippen LogP contribution >= 0.6 is 0 Å². The van der Waals surface area contributed by atoms with Crippen LogP contribution in [-0.4, -0.2) is 5.78 Å². The number of hydrogen-bond donors (Lipinski definition) is 0. The third-order valence-corrected chi connectivity index (χ3v) is 7.92. The summed E-state index contributed by atoms with van der Waals surface area (Å²) in [7, 11) is 0. The number of hydrogen-bond acceptors (Lipinski definition) is 1. The Morgan fingerprint density at radius 2 is 1.92 bits per heavy atom. The molecule has 1 heteroatoms. The predicted octanol–water partition coefficient (Wildman–Crippen LogP) is 6.02. The molecule has 0 amide bonds. The SMILES string of the molecule is CCC(CC)c1ccc2c(c1)CC[C@@H]1[C@@H]2CC[C@]2(C)C(=O)CC[C@@H]12. The zero-order valence-corrected chi connectivity index (χ0v) is 15.6. The molecule has 3 aliphatic carbocycles. The van der Waals surface area contributed by atoms with Crippen molar-refractivity contribution in [2.45, 2.75) is 84.0 Å². The minimum atomic E-state index is 0.00806. The lowest BCUT2D eigenvalue weighted by Crippen LogP contribution is -2.42. The average molecular weight is 325 g/mol. The van der Waals surface area contributed by atoms with Crippen LogP contribution in [0.15, 0.2) is 18.2 Å². The molecule has 3 aliphatic rings. The minimum Gasteiger partial charge on any atom is -0.299 e. The lowest BCUT2D eigenvalue weighted by atomic mass is 9.55. The van der Waals surface area contributed by atoms with Crippen LogP contribution in [0.25, 0.3) is 0 Å². The minimum absolute atomic E-state index is 0.00806. The quantitative estimate of drug-likeness (QED) is 0.665. The first-order valence-electron chi connectivity index (χ1n) is 10.2. The zero-order valence-electron chi connectivity index (χ0n) is 15.6. The first kappa shape index (κ1) is 16.4. The Hall–Kier alpha value is -1.11. The Kier molecular flexibility index (Phi) is 4.09. The Morgan fingerprint density at radius 1 is 1.12 bits per heavy atom. The van der Waals surface area contributed by atoms with Gasteiger partial charge in [0.2, 0.25) is 0 Å². The lowest BCUT2D eigenvalue weighted by molar-refractivity contribution is -0.129. The number of benzene rings is 1. The molecule has 0 N–H and O–H groups in total. The van der Waals surface area contributed by atoms with Crippen molar-refractivity contribution in [3.63, 3.8) is 0 Å². The Labute approximate surface area is 147 Å². The third-order valence-electron chi connectivity index (χ3n) is 7.92. The van der Waals surface area contributed by atoms with Gasteiger partial charge in [-0.15, -0.1) is 0 Å². The summed E-state index contributed by atoms with van der Waals surface area (Å²) in [5.41, 5.74) is 4.80. The van der Waals surface area contributed by atoms with Crippen LogP contribution in [0, 0.1) is 17.3 Å². The molecular weight excluding hydrogens is 292 g/mol. The van der Waals surface area contributed by atoms with Gasteiger partial charge in [0.05, 0.1) is 0 Å². The predicted molar refractivity (Wildman–Crippen MR) is 99.4 cm³/mol. The van der Waals surface area contributed by atoms with Gasteiger partial charge in [0, 0.05) is 11.8 Å². The molecule has 4 atom stereocenters. The number of rotatable bonds is 3. The van der Waals surface area contributed by atoms with Crippen molar-refractivity contribution in [1.82, 2.24) is 0 Å². The first-order valence-corrected chi connectivity index (χ1v) is 10.2. The molecule has 0 aliphatic heterocycles. The largest absolute Gasteiger partial charge is 0.299 e. The van der Waals surface area contributed by atoms with Gasteiger partial charge >= 0.3 is 0 Å². The van der Waals surface area contributed by atoms with Crippen LogP contribution in [0.1, 0.15) is 94.2 Å². The number of carbonyl (C=O) groups is 1. The number of aryl methyl sites for hydroxylation is 1. The topological polar surface area (TPSA) is 17.1 Å². The van der Waals surface area contributed by atoms with Gasteiger partial charge in [-0.25, -0.2) is 0 Å². The maximum Gasteiger partial charge on any atom is 0.139 e. The van der Waals surface area contributed by atoms with Crippen LogP contribution in [0.4, 0.5) is 0 Å². The number of fused-ring (bicyclic) bond motifs is 5. The van der Waals surface area contributed by atoms with E-state index in [4.69, 9.17) is 0 Å². The molecular formula is C23H32O. The first-order chi connectivity index (χ1) is 11.6. The van der Waals surface area contributed by atoms with Crippen LogP contribution in [0.2, 0.25) is 0 Å². The summed E-state index contributed by atoms with van der Waals surface area (Å²) in [6, 6.07) is 7.39. The highest BCUT2D eigenvalue weighted by molar-refractivity contribution is 5.87. The standard InChI is InChI=1S/C23H32O/c1-4-15(5-2)16-6-8-18-17(14-16)7-9-20-19(18)12-13-23(3)21(20)10-11-22(23)24/h6,8,14-15,19-21H,4-5,7,9-13H2,1-3H3/t19-,20-,21+,23+/m1/s1. The number of Topliss-reactive ketones (excluding diaryl/α,β-unsaturated/α-hetero) is 1. The van der Waals surface area contributed by atoms with Gasteiger partial charge in [-0.1, -0.05) is 39.0 Å². The molecule has 0 unspecified atom stereocenters. The van der Waals surface area contributed by atoms with E-state index in [-0.39, 0.29) is 5.41 Å². The van der Waals surface area contributed by atoms with E-state index in [0.717, 1.165) is 31.1 Å². The van der Waals surface area contributed by atoms with E-state index < -0.39 is 0 Å². The summed E-state index contributed by atoms with van der Waals surface area (Å²) in [5, 5.41) is 0. The van der Waals surface area contributed by atoms with Crippen molar-refractivity contribution in [2.24, 2.45) is 17.3 Å². The summed E-state index contributed by atoms with van der Waals surface area (Å²) >= 11 is 0. The molecule has 0 heterocycles. The maximum atomic E-state index is 12.4. The van der Waals surface area contributed by atoms with Crippen LogP contribution < -0.4 is 0 Å². The van der Waals surface area contributed by atoms with Crippen LogP contribution in [0.5, 0.6) is 0 Å². The van der Waals surface area contributed by atoms with E-state index in [1.807, 2.05) is 0 Å². The molecule has 2 saturated carbocycles. The van der Waals surface area contributed by atoms with Gasteiger partial charge < -0.3 is 0 Å². The van der Waals surface area contributed by atoms with Crippen molar-refractivity contribution in [1.29, 1.82) is 0 Å². The molecule has 2 fully saturated rings.